The number of carbonyl (C=O) groups is 1. The average Bonchev–Trinajstić information content (AvgIpc) is 2.48. The average molecular weight is 303 g/mol. The quantitative estimate of drug-likeness (QED) is 0.630. The fraction of sp³-hybridized carbons (Fsp3) is 0.188. The standard InChI is InChI=1S/C16H17NO3S/c1-2-20-12-8-9-13(17)14(10-12)21-15(16(18)19)11-6-4-3-5-7-11/h3-10,15H,2,17H2,1H3,(H,18,19). The number of carboxylic acids is 1. The minimum absolute atomic E-state index is 0.547. The number of carboxylic acid groups (broad SMARTS) is 1. The Morgan fingerprint density at radius 3 is 2.62 bits per heavy atom. The van der Waals surface area contributed by atoms with Crippen LogP contribution in [0.2, 0.25) is 0 Å². The summed E-state index contributed by atoms with van der Waals surface area (Å²) in [4.78, 5) is 12.2. The third-order valence-electron chi connectivity index (χ3n) is 2.87. The predicted molar refractivity (Wildman–Crippen MR) is 84.7 cm³/mol. The number of hydrogen-bond acceptors (Lipinski definition) is 4. The topological polar surface area (TPSA) is 72.5 Å². The number of rotatable bonds is 6. The first-order valence-corrected chi connectivity index (χ1v) is 7.46. The number of ether oxygens (including phenoxy) is 1. The number of aliphatic carboxylic acids is 1. The highest BCUT2D eigenvalue weighted by atomic mass is 32.2. The van der Waals surface area contributed by atoms with Crippen molar-refractivity contribution >= 4 is 23.4 Å². The van der Waals surface area contributed by atoms with E-state index in [1.807, 2.05) is 25.1 Å². The predicted octanol–water partition coefficient (Wildman–Crippen LogP) is 3.59. The lowest BCUT2D eigenvalue weighted by Crippen LogP contribution is -2.08. The second kappa shape index (κ2) is 7.04. The van der Waals surface area contributed by atoms with Crippen molar-refractivity contribution in [2.24, 2.45) is 0 Å². The SMILES string of the molecule is CCOc1ccc(N)c(SC(C(=O)O)c2ccccc2)c1. The molecule has 0 radical (unpaired) electrons. The lowest BCUT2D eigenvalue weighted by atomic mass is 10.1. The zero-order valence-electron chi connectivity index (χ0n) is 11.7. The van der Waals surface area contributed by atoms with Crippen molar-refractivity contribution in [3.63, 3.8) is 0 Å². The number of benzene rings is 2. The number of nitrogen functional groups attached to an aromatic ring is 1. The van der Waals surface area contributed by atoms with Crippen LogP contribution < -0.4 is 10.5 Å². The number of anilines is 1. The first kappa shape index (κ1) is 15.3. The third-order valence-corrected chi connectivity index (χ3v) is 4.18. The first-order chi connectivity index (χ1) is 10.1. The molecule has 4 nitrogen and oxygen atoms in total. The van der Waals surface area contributed by atoms with Gasteiger partial charge in [-0.2, -0.15) is 0 Å². The zero-order chi connectivity index (χ0) is 15.2. The Hall–Kier alpha value is -2.14. The molecule has 5 heteroatoms. The van der Waals surface area contributed by atoms with Crippen LogP contribution in [0.15, 0.2) is 53.4 Å². The van der Waals surface area contributed by atoms with Crippen LogP contribution in [0.3, 0.4) is 0 Å². The van der Waals surface area contributed by atoms with Crippen molar-refractivity contribution in [2.75, 3.05) is 12.3 Å². The molecule has 0 aliphatic carbocycles. The summed E-state index contributed by atoms with van der Waals surface area (Å²) in [6.07, 6.45) is 0. The van der Waals surface area contributed by atoms with Crippen LogP contribution in [-0.2, 0) is 4.79 Å². The van der Waals surface area contributed by atoms with Crippen LogP contribution in [0, 0.1) is 0 Å². The normalized spacial score (nSPS) is 11.9. The van der Waals surface area contributed by atoms with E-state index >= 15 is 0 Å². The van der Waals surface area contributed by atoms with Crippen LogP contribution in [-0.4, -0.2) is 17.7 Å². The molecule has 2 aromatic carbocycles. The molecule has 0 bridgehead atoms. The van der Waals surface area contributed by atoms with Gasteiger partial charge in [-0.1, -0.05) is 30.3 Å². The maximum atomic E-state index is 11.5. The van der Waals surface area contributed by atoms with Crippen molar-refractivity contribution in [1.82, 2.24) is 0 Å². The second-order valence-electron chi connectivity index (χ2n) is 4.38. The highest BCUT2D eigenvalue weighted by molar-refractivity contribution is 8.00. The van der Waals surface area contributed by atoms with Crippen molar-refractivity contribution < 1.29 is 14.6 Å². The van der Waals surface area contributed by atoms with E-state index in [9.17, 15) is 9.90 Å². The van der Waals surface area contributed by atoms with Gasteiger partial charge >= 0.3 is 5.97 Å². The molecule has 0 saturated carbocycles. The molecule has 3 N–H and O–H groups in total. The molecule has 0 aliphatic rings. The Kier molecular flexibility index (Phi) is 5.11. The van der Waals surface area contributed by atoms with Gasteiger partial charge in [0.2, 0.25) is 0 Å². The van der Waals surface area contributed by atoms with Gasteiger partial charge < -0.3 is 15.6 Å². The van der Waals surface area contributed by atoms with Gasteiger partial charge in [-0.05, 0) is 30.7 Å². The van der Waals surface area contributed by atoms with Crippen LogP contribution in [0.1, 0.15) is 17.7 Å². The summed E-state index contributed by atoms with van der Waals surface area (Å²) in [5.41, 5.74) is 7.22. The summed E-state index contributed by atoms with van der Waals surface area (Å²) in [5.74, 6) is -0.209. The van der Waals surface area contributed by atoms with Gasteiger partial charge in [-0.15, -0.1) is 11.8 Å². The smallest absolute Gasteiger partial charge is 0.321 e. The minimum atomic E-state index is -0.896. The summed E-state index contributed by atoms with van der Waals surface area (Å²) in [7, 11) is 0. The molecule has 0 spiro atoms. The molecule has 0 heterocycles. The number of nitrogens with two attached hydrogens (primary N) is 1. The van der Waals surface area contributed by atoms with Crippen molar-refractivity contribution in [3.05, 3.63) is 54.1 Å². The van der Waals surface area contributed by atoms with E-state index in [0.717, 1.165) is 5.56 Å². The van der Waals surface area contributed by atoms with Crippen molar-refractivity contribution in [2.45, 2.75) is 17.1 Å². The fourth-order valence-electron chi connectivity index (χ4n) is 1.89. The molecular weight excluding hydrogens is 286 g/mol. The summed E-state index contributed by atoms with van der Waals surface area (Å²) >= 11 is 1.21. The Balaban J connectivity index is 2.29. The Morgan fingerprint density at radius 1 is 1.29 bits per heavy atom. The van der Waals surface area contributed by atoms with E-state index in [-0.39, 0.29) is 0 Å². The molecule has 1 unspecified atom stereocenters. The van der Waals surface area contributed by atoms with Gasteiger partial charge in [-0.3, -0.25) is 4.79 Å². The van der Waals surface area contributed by atoms with E-state index in [0.29, 0.717) is 22.9 Å². The highest BCUT2D eigenvalue weighted by Crippen LogP contribution is 2.39. The minimum Gasteiger partial charge on any atom is -0.494 e. The van der Waals surface area contributed by atoms with Gasteiger partial charge in [0.15, 0.2) is 0 Å². The molecule has 0 aromatic heterocycles. The zero-order valence-corrected chi connectivity index (χ0v) is 12.5. The lowest BCUT2D eigenvalue weighted by Gasteiger charge is -2.15. The summed E-state index contributed by atoms with van der Waals surface area (Å²) in [6.45, 7) is 2.45. The van der Waals surface area contributed by atoms with Crippen molar-refractivity contribution in [1.29, 1.82) is 0 Å². The van der Waals surface area contributed by atoms with Crippen molar-refractivity contribution in [3.8, 4) is 5.75 Å². The molecular formula is C16H17NO3S. The lowest BCUT2D eigenvalue weighted by molar-refractivity contribution is -0.136. The van der Waals surface area contributed by atoms with Crippen LogP contribution >= 0.6 is 11.8 Å². The molecule has 0 amide bonds. The maximum Gasteiger partial charge on any atom is 0.321 e. The fourth-order valence-corrected chi connectivity index (χ4v) is 2.93. The van der Waals surface area contributed by atoms with E-state index in [4.69, 9.17) is 10.5 Å². The molecule has 0 aliphatic heterocycles. The third kappa shape index (κ3) is 3.92. The van der Waals surface area contributed by atoms with Gasteiger partial charge in [0.1, 0.15) is 11.0 Å². The summed E-state index contributed by atoms with van der Waals surface area (Å²) in [6, 6.07) is 14.4. The molecule has 1 atom stereocenters. The molecule has 110 valence electrons. The van der Waals surface area contributed by atoms with Gasteiger partial charge in [-0.25, -0.2) is 0 Å². The van der Waals surface area contributed by atoms with Gasteiger partial charge in [0.25, 0.3) is 0 Å². The van der Waals surface area contributed by atoms with E-state index < -0.39 is 11.2 Å². The Morgan fingerprint density at radius 2 is 2.00 bits per heavy atom. The molecule has 2 aromatic rings. The molecule has 0 fully saturated rings. The first-order valence-electron chi connectivity index (χ1n) is 6.58. The maximum absolute atomic E-state index is 11.5. The Labute approximate surface area is 127 Å². The van der Waals surface area contributed by atoms with E-state index in [1.165, 1.54) is 11.8 Å². The number of thioether (sulfide) groups is 1. The van der Waals surface area contributed by atoms with Crippen LogP contribution in [0.5, 0.6) is 5.75 Å². The van der Waals surface area contributed by atoms with Gasteiger partial charge in [0.05, 0.1) is 6.61 Å². The van der Waals surface area contributed by atoms with E-state index in [1.54, 1.807) is 30.3 Å². The summed E-state index contributed by atoms with van der Waals surface area (Å²) < 4.78 is 5.43. The largest absolute Gasteiger partial charge is 0.494 e. The molecule has 21 heavy (non-hydrogen) atoms. The van der Waals surface area contributed by atoms with E-state index in [2.05, 4.69) is 0 Å². The number of hydrogen-bond donors (Lipinski definition) is 2. The summed E-state index contributed by atoms with van der Waals surface area (Å²) in [5, 5.41) is 8.76. The second-order valence-corrected chi connectivity index (χ2v) is 5.53. The van der Waals surface area contributed by atoms with Crippen LogP contribution in [0.4, 0.5) is 5.69 Å². The Bertz CT molecular complexity index is 616. The van der Waals surface area contributed by atoms with Crippen LogP contribution in [0.25, 0.3) is 0 Å². The molecule has 0 saturated heterocycles. The highest BCUT2D eigenvalue weighted by Gasteiger charge is 2.22. The van der Waals surface area contributed by atoms with Gasteiger partial charge in [0, 0.05) is 10.6 Å². The molecule has 2 rings (SSSR count). The monoisotopic (exact) mass is 303 g/mol.